The Morgan fingerprint density at radius 1 is 1.03 bits per heavy atom. The molecule has 0 saturated carbocycles. The van der Waals surface area contributed by atoms with Gasteiger partial charge in [-0.15, -0.1) is 0 Å². The fourth-order valence-corrected chi connectivity index (χ4v) is 3.25. The van der Waals surface area contributed by atoms with Crippen LogP contribution in [0.25, 0.3) is 0 Å². The maximum absolute atomic E-state index is 13.1. The lowest BCUT2D eigenvalue weighted by molar-refractivity contribution is -0.143. The fourth-order valence-electron chi connectivity index (χ4n) is 2.93. The second-order valence-corrected chi connectivity index (χ2v) is 7.94. The van der Waals surface area contributed by atoms with Gasteiger partial charge in [-0.2, -0.15) is 0 Å². The van der Waals surface area contributed by atoms with Crippen LogP contribution in [-0.2, 0) is 16.1 Å². The Kier molecular flexibility index (Phi) is 9.47. The van der Waals surface area contributed by atoms with Gasteiger partial charge in [0.2, 0.25) is 5.91 Å². The standard InChI is InChI=1S/C23H28Cl2N2O3/c1-4-16(3)26-23(29)21(5-2)27(14-17-8-6-7-9-20(17)25)22(28)15-30-19-12-10-18(24)11-13-19/h6-13,16,21H,4-5,14-15H2,1-3H3,(H,26,29)/t16-,21+/m0/s1. The van der Waals surface area contributed by atoms with Crippen molar-refractivity contribution in [2.75, 3.05) is 6.61 Å². The quantitative estimate of drug-likeness (QED) is 0.547. The van der Waals surface area contributed by atoms with Crippen LogP contribution in [-0.4, -0.2) is 35.4 Å². The zero-order valence-electron chi connectivity index (χ0n) is 17.5. The number of rotatable bonds is 10. The number of benzene rings is 2. The average Bonchev–Trinajstić information content (AvgIpc) is 2.74. The zero-order valence-corrected chi connectivity index (χ0v) is 19.0. The molecule has 2 aromatic carbocycles. The molecule has 0 aromatic heterocycles. The minimum absolute atomic E-state index is 0.0223. The van der Waals surface area contributed by atoms with Crippen LogP contribution >= 0.6 is 23.2 Å². The smallest absolute Gasteiger partial charge is 0.261 e. The summed E-state index contributed by atoms with van der Waals surface area (Å²) in [5, 5.41) is 4.11. The van der Waals surface area contributed by atoms with Crippen molar-refractivity contribution < 1.29 is 14.3 Å². The molecular weight excluding hydrogens is 423 g/mol. The number of nitrogens with zero attached hydrogens (tertiary/aromatic N) is 1. The molecule has 0 unspecified atom stereocenters. The molecule has 30 heavy (non-hydrogen) atoms. The molecule has 0 aliphatic rings. The lowest BCUT2D eigenvalue weighted by atomic mass is 10.1. The molecule has 5 nitrogen and oxygen atoms in total. The molecule has 162 valence electrons. The van der Waals surface area contributed by atoms with E-state index >= 15 is 0 Å². The van der Waals surface area contributed by atoms with E-state index in [4.69, 9.17) is 27.9 Å². The summed E-state index contributed by atoms with van der Waals surface area (Å²) in [5.41, 5.74) is 0.772. The van der Waals surface area contributed by atoms with E-state index in [0.29, 0.717) is 22.2 Å². The fraction of sp³-hybridized carbons (Fsp3) is 0.391. The molecule has 0 heterocycles. The second kappa shape index (κ2) is 11.8. The van der Waals surface area contributed by atoms with Crippen LogP contribution < -0.4 is 10.1 Å². The first kappa shape index (κ1) is 24.0. The third-order valence-corrected chi connectivity index (χ3v) is 5.48. The van der Waals surface area contributed by atoms with Gasteiger partial charge in [-0.1, -0.05) is 55.2 Å². The van der Waals surface area contributed by atoms with Crippen molar-refractivity contribution in [2.45, 2.75) is 52.2 Å². The number of hydrogen-bond acceptors (Lipinski definition) is 3. The molecule has 2 aromatic rings. The van der Waals surface area contributed by atoms with Crippen molar-refractivity contribution in [2.24, 2.45) is 0 Å². The van der Waals surface area contributed by atoms with Crippen LogP contribution in [0.4, 0.5) is 0 Å². The number of carbonyl (C=O) groups is 2. The van der Waals surface area contributed by atoms with Gasteiger partial charge in [0.15, 0.2) is 6.61 Å². The van der Waals surface area contributed by atoms with Crippen molar-refractivity contribution in [3.05, 3.63) is 64.1 Å². The molecule has 0 fully saturated rings. The maximum atomic E-state index is 13.1. The highest BCUT2D eigenvalue weighted by Gasteiger charge is 2.29. The van der Waals surface area contributed by atoms with Crippen LogP contribution in [0.1, 0.15) is 39.2 Å². The van der Waals surface area contributed by atoms with Crippen molar-refractivity contribution in [3.8, 4) is 5.75 Å². The predicted molar refractivity (Wildman–Crippen MR) is 121 cm³/mol. The Balaban J connectivity index is 2.21. The Labute approximate surface area is 188 Å². The van der Waals surface area contributed by atoms with E-state index in [1.54, 1.807) is 30.3 Å². The monoisotopic (exact) mass is 450 g/mol. The van der Waals surface area contributed by atoms with Crippen LogP contribution in [0.3, 0.4) is 0 Å². The molecule has 7 heteroatoms. The van der Waals surface area contributed by atoms with E-state index in [2.05, 4.69) is 5.32 Å². The van der Waals surface area contributed by atoms with Crippen LogP contribution in [0.5, 0.6) is 5.75 Å². The highest BCUT2D eigenvalue weighted by atomic mass is 35.5. The van der Waals surface area contributed by atoms with Crippen molar-refractivity contribution in [3.63, 3.8) is 0 Å². The van der Waals surface area contributed by atoms with Gasteiger partial charge in [-0.3, -0.25) is 9.59 Å². The van der Waals surface area contributed by atoms with Gasteiger partial charge < -0.3 is 15.0 Å². The Bertz CT molecular complexity index is 843. The summed E-state index contributed by atoms with van der Waals surface area (Å²) < 4.78 is 5.63. The average molecular weight is 451 g/mol. The number of halogens is 2. The zero-order chi connectivity index (χ0) is 22.1. The normalized spacial score (nSPS) is 12.7. The lowest BCUT2D eigenvalue weighted by Gasteiger charge is -2.31. The van der Waals surface area contributed by atoms with Gasteiger partial charge in [0.25, 0.3) is 5.91 Å². The second-order valence-electron chi connectivity index (χ2n) is 7.10. The summed E-state index contributed by atoms with van der Waals surface area (Å²) in [6.45, 7) is 5.84. The summed E-state index contributed by atoms with van der Waals surface area (Å²) in [6, 6.07) is 13.5. The van der Waals surface area contributed by atoms with Gasteiger partial charge in [-0.05, 0) is 55.7 Å². The molecule has 0 spiro atoms. The highest BCUT2D eigenvalue weighted by Crippen LogP contribution is 2.21. The number of ether oxygens (including phenoxy) is 1. The van der Waals surface area contributed by atoms with E-state index in [9.17, 15) is 9.59 Å². The number of hydrogen-bond donors (Lipinski definition) is 1. The van der Waals surface area contributed by atoms with Crippen LogP contribution in [0.15, 0.2) is 48.5 Å². The Hall–Kier alpha value is -2.24. The van der Waals surface area contributed by atoms with Gasteiger partial charge in [0, 0.05) is 22.6 Å². The minimum Gasteiger partial charge on any atom is -0.484 e. The molecule has 0 aliphatic heterocycles. The first-order valence-electron chi connectivity index (χ1n) is 10.1. The third kappa shape index (κ3) is 6.92. The van der Waals surface area contributed by atoms with E-state index in [0.717, 1.165) is 12.0 Å². The molecule has 2 atom stereocenters. The van der Waals surface area contributed by atoms with Crippen molar-refractivity contribution in [1.29, 1.82) is 0 Å². The predicted octanol–water partition coefficient (Wildman–Crippen LogP) is 5.09. The van der Waals surface area contributed by atoms with Crippen molar-refractivity contribution in [1.82, 2.24) is 10.2 Å². The van der Waals surface area contributed by atoms with Gasteiger partial charge in [0.05, 0.1) is 0 Å². The first-order chi connectivity index (χ1) is 14.3. The van der Waals surface area contributed by atoms with E-state index in [-0.39, 0.29) is 31.0 Å². The largest absolute Gasteiger partial charge is 0.484 e. The molecular formula is C23H28Cl2N2O3. The number of amides is 2. The Morgan fingerprint density at radius 3 is 2.30 bits per heavy atom. The summed E-state index contributed by atoms with van der Waals surface area (Å²) in [7, 11) is 0. The van der Waals surface area contributed by atoms with Gasteiger partial charge >= 0.3 is 0 Å². The van der Waals surface area contributed by atoms with Crippen LogP contribution in [0.2, 0.25) is 10.0 Å². The number of carbonyl (C=O) groups excluding carboxylic acids is 2. The molecule has 2 amide bonds. The molecule has 0 radical (unpaired) electrons. The third-order valence-electron chi connectivity index (χ3n) is 4.86. The topological polar surface area (TPSA) is 58.6 Å². The van der Waals surface area contributed by atoms with Crippen molar-refractivity contribution >= 4 is 35.0 Å². The summed E-state index contributed by atoms with van der Waals surface area (Å²) >= 11 is 12.2. The van der Waals surface area contributed by atoms with Crippen LogP contribution in [0, 0.1) is 0 Å². The number of nitrogens with one attached hydrogen (secondary N) is 1. The molecule has 0 bridgehead atoms. The lowest BCUT2D eigenvalue weighted by Crippen LogP contribution is -2.51. The molecule has 0 saturated heterocycles. The molecule has 0 aliphatic carbocycles. The summed E-state index contributed by atoms with van der Waals surface area (Å²) in [6.07, 6.45) is 1.28. The summed E-state index contributed by atoms with van der Waals surface area (Å²) in [4.78, 5) is 27.5. The molecule has 1 N–H and O–H groups in total. The van der Waals surface area contributed by atoms with E-state index in [1.165, 1.54) is 4.90 Å². The highest BCUT2D eigenvalue weighted by molar-refractivity contribution is 6.31. The summed E-state index contributed by atoms with van der Waals surface area (Å²) in [5.74, 6) is 0.0531. The SMILES string of the molecule is CC[C@H](C(=O)N[C@@H](C)CC)N(Cc1ccccc1Cl)C(=O)COc1ccc(Cl)cc1. The Morgan fingerprint density at radius 2 is 1.70 bits per heavy atom. The minimum atomic E-state index is -0.628. The van der Waals surface area contributed by atoms with Gasteiger partial charge in [-0.25, -0.2) is 0 Å². The van der Waals surface area contributed by atoms with Gasteiger partial charge in [0.1, 0.15) is 11.8 Å². The molecule has 2 rings (SSSR count). The van der Waals surface area contributed by atoms with E-state index in [1.807, 2.05) is 39.0 Å². The van der Waals surface area contributed by atoms with E-state index < -0.39 is 6.04 Å². The maximum Gasteiger partial charge on any atom is 0.261 e. The first-order valence-corrected chi connectivity index (χ1v) is 10.8.